The van der Waals surface area contributed by atoms with Gasteiger partial charge in [0.2, 0.25) is 0 Å². The number of nitrogens with one attached hydrogen (secondary N) is 1. The van der Waals surface area contributed by atoms with E-state index >= 15 is 0 Å². The lowest BCUT2D eigenvalue weighted by atomic mass is 10.1. The van der Waals surface area contributed by atoms with Crippen molar-refractivity contribution in [3.63, 3.8) is 0 Å². The molecule has 1 amide bonds. The van der Waals surface area contributed by atoms with Crippen LogP contribution in [0.5, 0.6) is 5.75 Å². The third kappa shape index (κ3) is 3.33. The zero-order chi connectivity index (χ0) is 16.3. The summed E-state index contributed by atoms with van der Waals surface area (Å²) in [6, 6.07) is 8.28. The maximum atomic E-state index is 12.0. The van der Waals surface area contributed by atoms with E-state index in [1.54, 1.807) is 0 Å². The smallest absolute Gasteiger partial charge is 0.277 e. The van der Waals surface area contributed by atoms with Gasteiger partial charge in [-0.3, -0.25) is 25.0 Å². The van der Waals surface area contributed by atoms with E-state index in [0.29, 0.717) is 0 Å². The molecule has 0 spiro atoms. The summed E-state index contributed by atoms with van der Waals surface area (Å²) < 4.78 is 0. The van der Waals surface area contributed by atoms with Crippen molar-refractivity contribution < 1.29 is 19.7 Å². The molecule has 0 heterocycles. The fourth-order valence-electron chi connectivity index (χ4n) is 1.72. The number of hydrogen-bond donors (Lipinski definition) is 2. The number of benzene rings is 2. The molecule has 2 rings (SSSR count). The van der Waals surface area contributed by atoms with Crippen LogP contribution in [0.2, 0.25) is 0 Å². The molecule has 9 heteroatoms. The second-order valence-corrected chi connectivity index (χ2v) is 4.26. The zero-order valence-electron chi connectivity index (χ0n) is 10.9. The van der Waals surface area contributed by atoms with Crippen molar-refractivity contribution in [1.82, 2.24) is 0 Å². The monoisotopic (exact) mass is 303 g/mol. The fraction of sp³-hybridized carbons (Fsp3) is 0. The molecule has 0 aliphatic carbocycles. The molecule has 0 aliphatic heterocycles. The molecule has 0 aromatic heterocycles. The normalized spacial score (nSPS) is 10.0. The molecule has 0 aliphatic rings. The molecule has 0 bridgehead atoms. The van der Waals surface area contributed by atoms with Crippen LogP contribution in [0.25, 0.3) is 0 Å². The third-order valence-corrected chi connectivity index (χ3v) is 2.69. The van der Waals surface area contributed by atoms with Gasteiger partial charge < -0.3 is 10.4 Å². The molecule has 0 atom stereocenters. The highest BCUT2D eigenvalue weighted by Gasteiger charge is 2.19. The van der Waals surface area contributed by atoms with Crippen LogP contribution in [0.3, 0.4) is 0 Å². The van der Waals surface area contributed by atoms with Crippen LogP contribution in [-0.4, -0.2) is 20.9 Å². The lowest BCUT2D eigenvalue weighted by Gasteiger charge is -2.05. The van der Waals surface area contributed by atoms with E-state index in [4.69, 9.17) is 0 Å². The first-order valence-corrected chi connectivity index (χ1v) is 5.91. The lowest BCUT2D eigenvalue weighted by molar-refractivity contribution is -0.394. The van der Waals surface area contributed by atoms with Crippen molar-refractivity contribution in [1.29, 1.82) is 0 Å². The SMILES string of the molecule is O=C(Nc1cccc(O)c1)c1cc([N+](=O)[O-])cc([N+](=O)[O-])c1. The standard InChI is InChI=1S/C13H9N3O6/c17-12-3-1-2-9(6-12)14-13(18)8-4-10(15(19)20)7-11(5-8)16(21)22/h1-7,17H,(H,14,18). The van der Waals surface area contributed by atoms with E-state index in [1.807, 2.05) is 0 Å². The number of phenols is 1. The van der Waals surface area contributed by atoms with Gasteiger partial charge in [-0.2, -0.15) is 0 Å². The minimum atomic E-state index is -0.821. The minimum Gasteiger partial charge on any atom is -0.508 e. The predicted octanol–water partition coefficient (Wildman–Crippen LogP) is 2.46. The molecule has 0 unspecified atom stereocenters. The summed E-state index contributed by atoms with van der Waals surface area (Å²) in [5.41, 5.74) is -1.10. The average molecular weight is 303 g/mol. The van der Waals surface area contributed by atoms with Crippen molar-refractivity contribution in [3.05, 3.63) is 68.3 Å². The first-order valence-electron chi connectivity index (χ1n) is 5.91. The van der Waals surface area contributed by atoms with Crippen LogP contribution in [0, 0.1) is 20.2 Å². The lowest BCUT2D eigenvalue weighted by Crippen LogP contribution is -2.12. The topological polar surface area (TPSA) is 136 Å². The maximum absolute atomic E-state index is 12.0. The Kier molecular flexibility index (Phi) is 3.98. The number of nitro benzene ring substituents is 2. The zero-order valence-corrected chi connectivity index (χ0v) is 10.9. The van der Waals surface area contributed by atoms with Crippen LogP contribution in [0.15, 0.2) is 42.5 Å². The van der Waals surface area contributed by atoms with Gasteiger partial charge in [-0.25, -0.2) is 0 Å². The second kappa shape index (κ2) is 5.87. The van der Waals surface area contributed by atoms with Gasteiger partial charge in [0, 0.05) is 23.9 Å². The Labute approximate surface area is 123 Å². The molecular weight excluding hydrogens is 294 g/mol. The molecule has 0 saturated heterocycles. The number of carbonyl (C=O) groups excluding carboxylic acids is 1. The van der Waals surface area contributed by atoms with Gasteiger partial charge in [0.15, 0.2) is 0 Å². The second-order valence-electron chi connectivity index (χ2n) is 4.26. The van der Waals surface area contributed by atoms with Crippen LogP contribution in [-0.2, 0) is 0 Å². The molecule has 2 N–H and O–H groups in total. The Balaban J connectivity index is 2.36. The van der Waals surface area contributed by atoms with E-state index < -0.39 is 27.1 Å². The molecule has 22 heavy (non-hydrogen) atoms. The van der Waals surface area contributed by atoms with E-state index in [-0.39, 0.29) is 17.0 Å². The summed E-state index contributed by atoms with van der Waals surface area (Å²) in [4.78, 5) is 31.9. The molecule has 2 aromatic rings. The fourth-order valence-corrected chi connectivity index (χ4v) is 1.72. The number of non-ortho nitro benzene ring substituents is 2. The molecular formula is C13H9N3O6. The number of rotatable bonds is 4. The van der Waals surface area contributed by atoms with Crippen molar-refractivity contribution in [3.8, 4) is 5.75 Å². The molecule has 0 radical (unpaired) electrons. The van der Waals surface area contributed by atoms with Crippen LogP contribution >= 0.6 is 0 Å². The van der Waals surface area contributed by atoms with Gasteiger partial charge in [-0.05, 0) is 12.1 Å². The molecule has 9 nitrogen and oxygen atoms in total. The Hall–Kier alpha value is -3.49. The first-order chi connectivity index (χ1) is 10.4. The van der Waals surface area contributed by atoms with Crippen molar-refractivity contribution in [2.45, 2.75) is 0 Å². The van der Waals surface area contributed by atoms with Gasteiger partial charge in [-0.1, -0.05) is 6.07 Å². The predicted molar refractivity (Wildman–Crippen MR) is 75.8 cm³/mol. The summed E-state index contributed by atoms with van der Waals surface area (Å²) >= 11 is 0. The van der Waals surface area contributed by atoms with E-state index in [9.17, 15) is 30.1 Å². The summed E-state index contributed by atoms with van der Waals surface area (Å²) in [5, 5.41) is 33.2. The van der Waals surface area contributed by atoms with E-state index in [0.717, 1.165) is 18.2 Å². The van der Waals surface area contributed by atoms with Crippen LogP contribution in [0.4, 0.5) is 17.1 Å². The highest BCUT2D eigenvalue weighted by molar-refractivity contribution is 6.05. The number of anilines is 1. The highest BCUT2D eigenvalue weighted by Crippen LogP contribution is 2.24. The third-order valence-electron chi connectivity index (χ3n) is 2.69. The number of hydrogen-bond acceptors (Lipinski definition) is 6. The summed E-state index contributed by atoms with van der Waals surface area (Å²) in [6.07, 6.45) is 0. The number of aromatic hydroxyl groups is 1. The largest absolute Gasteiger partial charge is 0.508 e. The van der Waals surface area contributed by atoms with Gasteiger partial charge in [0.1, 0.15) is 5.75 Å². The number of carbonyl (C=O) groups is 1. The Morgan fingerprint density at radius 3 is 2.09 bits per heavy atom. The summed E-state index contributed by atoms with van der Waals surface area (Å²) in [6.45, 7) is 0. The summed E-state index contributed by atoms with van der Waals surface area (Å²) in [7, 11) is 0. The van der Waals surface area contributed by atoms with Gasteiger partial charge >= 0.3 is 0 Å². The molecule has 112 valence electrons. The van der Waals surface area contributed by atoms with Gasteiger partial charge in [-0.15, -0.1) is 0 Å². The molecule has 0 fully saturated rings. The van der Waals surface area contributed by atoms with Crippen molar-refractivity contribution in [2.24, 2.45) is 0 Å². The maximum Gasteiger partial charge on any atom is 0.277 e. The number of amides is 1. The number of nitrogens with zero attached hydrogens (tertiary/aromatic N) is 2. The van der Waals surface area contributed by atoms with Gasteiger partial charge in [0.25, 0.3) is 17.3 Å². The van der Waals surface area contributed by atoms with Gasteiger partial charge in [0.05, 0.1) is 21.5 Å². The first kappa shape index (κ1) is 14.9. The van der Waals surface area contributed by atoms with Crippen molar-refractivity contribution in [2.75, 3.05) is 5.32 Å². The van der Waals surface area contributed by atoms with E-state index in [1.165, 1.54) is 24.3 Å². The highest BCUT2D eigenvalue weighted by atomic mass is 16.6. The Morgan fingerprint density at radius 2 is 1.59 bits per heavy atom. The van der Waals surface area contributed by atoms with Crippen LogP contribution in [0.1, 0.15) is 10.4 Å². The van der Waals surface area contributed by atoms with Crippen LogP contribution < -0.4 is 5.32 Å². The summed E-state index contributed by atoms with van der Waals surface area (Å²) in [5.74, 6) is -0.847. The number of nitro groups is 2. The van der Waals surface area contributed by atoms with E-state index in [2.05, 4.69) is 5.32 Å². The molecule has 2 aromatic carbocycles. The quantitative estimate of drug-likeness (QED) is 0.657. The Morgan fingerprint density at radius 1 is 1.00 bits per heavy atom. The average Bonchev–Trinajstić information content (AvgIpc) is 2.46. The minimum absolute atomic E-state index is 0.0807. The Bertz CT molecular complexity index is 742. The van der Waals surface area contributed by atoms with Crippen molar-refractivity contribution >= 4 is 23.0 Å². The molecule has 0 saturated carbocycles. The number of phenolic OH excluding ortho intramolecular Hbond substituents is 1.